The van der Waals surface area contributed by atoms with Gasteiger partial charge in [-0.25, -0.2) is 9.36 Å². The summed E-state index contributed by atoms with van der Waals surface area (Å²) in [4.78, 5) is 38.8. The Balaban J connectivity index is 1.90. The standard InChI is InChI=1S/C25H31N4O8P/c1-15(2)36-23(32)18(5)28-38(34,37-19-9-7-6-8-10-19)35-14-25(13-26)17(4)20(11-21(25)30)29-12-16(3)22(31)27-24(29)33/h6-10,12,15,18,20-21,30H,4,11,14H2,1-3,5H3,(H,28,34)(H,27,31,33)/t18?,20-,21-,25-,38?/m0/s1. The molecule has 0 radical (unpaired) electrons. The first-order valence-corrected chi connectivity index (χ1v) is 13.4. The van der Waals surface area contributed by atoms with Crippen molar-refractivity contribution in [3.05, 3.63) is 75.1 Å². The van der Waals surface area contributed by atoms with Crippen LogP contribution in [-0.2, 0) is 18.6 Å². The van der Waals surface area contributed by atoms with Crippen molar-refractivity contribution < 1.29 is 28.3 Å². The monoisotopic (exact) mass is 546 g/mol. The molecule has 3 N–H and O–H groups in total. The Kier molecular flexibility index (Phi) is 8.79. The van der Waals surface area contributed by atoms with Crippen LogP contribution in [0.25, 0.3) is 0 Å². The smallest absolute Gasteiger partial charge is 0.459 e. The highest BCUT2D eigenvalue weighted by atomic mass is 31.2. The lowest BCUT2D eigenvalue weighted by atomic mass is 9.83. The van der Waals surface area contributed by atoms with Crippen molar-refractivity contribution in [1.82, 2.24) is 14.6 Å². The van der Waals surface area contributed by atoms with Gasteiger partial charge in [0, 0.05) is 18.2 Å². The first-order valence-electron chi connectivity index (χ1n) is 11.9. The Bertz CT molecular complexity index is 1400. The summed E-state index contributed by atoms with van der Waals surface area (Å²) >= 11 is 0. The van der Waals surface area contributed by atoms with Gasteiger partial charge < -0.3 is 14.4 Å². The van der Waals surface area contributed by atoms with Gasteiger partial charge in [-0.1, -0.05) is 24.8 Å². The molecule has 5 atom stereocenters. The van der Waals surface area contributed by atoms with Crippen LogP contribution in [0.15, 0.2) is 58.3 Å². The molecule has 1 aliphatic rings. The molecule has 1 aliphatic carbocycles. The van der Waals surface area contributed by atoms with Crippen LogP contribution in [0.5, 0.6) is 5.75 Å². The molecule has 1 aromatic heterocycles. The third-order valence-electron chi connectivity index (χ3n) is 6.16. The molecule has 204 valence electrons. The SMILES string of the molecule is C=C1[C@@H](n2cc(C)c(=O)[nH]c2=O)C[C@H](O)[C@@]1(C#N)COP(=O)(NC(C)C(=O)OC(C)C)Oc1ccccc1. The van der Waals surface area contributed by atoms with Gasteiger partial charge >= 0.3 is 19.4 Å². The second-order valence-corrected chi connectivity index (χ2v) is 11.1. The number of carbonyl (C=O) groups is 1. The van der Waals surface area contributed by atoms with Crippen molar-refractivity contribution in [3.8, 4) is 11.8 Å². The fraction of sp³-hybridized carbons (Fsp3) is 0.440. The van der Waals surface area contributed by atoms with E-state index in [1.54, 1.807) is 32.0 Å². The van der Waals surface area contributed by atoms with Crippen LogP contribution in [0.1, 0.15) is 38.8 Å². The molecular weight excluding hydrogens is 515 g/mol. The van der Waals surface area contributed by atoms with Gasteiger partial charge in [0.25, 0.3) is 5.56 Å². The van der Waals surface area contributed by atoms with E-state index in [4.69, 9.17) is 13.8 Å². The summed E-state index contributed by atoms with van der Waals surface area (Å²) in [5.41, 5.74) is -2.69. The van der Waals surface area contributed by atoms with Crippen LogP contribution in [0.4, 0.5) is 0 Å². The molecule has 3 rings (SSSR count). The number of nitrogens with one attached hydrogen (secondary N) is 2. The van der Waals surface area contributed by atoms with Crippen molar-refractivity contribution in [2.24, 2.45) is 5.41 Å². The third kappa shape index (κ3) is 6.14. The minimum absolute atomic E-state index is 0.0878. The molecule has 0 amide bonds. The van der Waals surface area contributed by atoms with E-state index in [1.165, 1.54) is 36.7 Å². The number of hydrogen-bond donors (Lipinski definition) is 3. The molecule has 0 aliphatic heterocycles. The minimum atomic E-state index is -4.34. The highest BCUT2D eigenvalue weighted by Crippen LogP contribution is 2.52. The molecule has 1 heterocycles. The van der Waals surface area contributed by atoms with Crippen LogP contribution >= 0.6 is 7.75 Å². The van der Waals surface area contributed by atoms with E-state index in [0.717, 1.165) is 0 Å². The molecule has 1 aromatic carbocycles. The number of aromatic nitrogens is 2. The zero-order valence-electron chi connectivity index (χ0n) is 21.5. The maximum absolute atomic E-state index is 13.8. The van der Waals surface area contributed by atoms with Crippen LogP contribution < -0.4 is 20.9 Å². The van der Waals surface area contributed by atoms with Gasteiger partial charge in [0.05, 0.1) is 30.9 Å². The molecule has 12 nitrogen and oxygen atoms in total. The second-order valence-electron chi connectivity index (χ2n) is 9.37. The summed E-state index contributed by atoms with van der Waals surface area (Å²) in [6.45, 7) is 9.56. The number of H-pyrrole nitrogens is 1. The minimum Gasteiger partial charge on any atom is -0.462 e. The van der Waals surface area contributed by atoms with Crippen molar-refractivity contribution in [2.75, 3.05) is 6.61 Å². The normalized spacial score (nSPS) is 23.4. The van der Waals surface area contributed by atoms with Gasteiger partial charge in [-0.2, -0.15) is 10.3 Å². The first-order chi connectivity index (χ1) is 17.8. The summed E-state index contributed by atoms with van der Waals surface area (Å²) in [7, 11) is -4.34. The average molecular weight is 547 g/mol. The van der Waals surface area contributed by atoms with Crippen molar-refractivity contribution in [2.45, 2.75) is 58.4 Å². The number of ether oxygens (including phenoxy) is 1. The second kappa shape index (κ2) is 11.5. The van der Waals surface area contributed by atoms with E-state index in [2.05, 4.69) is 16.7 Å². The number of aliphatic hydroxyl groups is 1. The quantitative estimate of drug-likeness (QED) is 0.228. The predicted octanol–water partition coefficient (Wildman–Crippen LogP) is 2.35. The number of aliphatic hydroxyl groups excluding tert-OH is 1. The van der Waals surface area contributed by atoms with Gasteiger partial charge in [-0.15, -0.1) is 0 Å². The molecule has 1 saturated carbocycles. The number of hydrogen-bond acceptors (Lipinski definition) is 9. The number of rotatable bonds is 10. The Morgan fingerprint density at radius 3 is 2.61 bits per heavy atom. The summed E-state index contributed by atoms with van der Waals surface area (Å²) in [5, 5.41) is 23.6. The molecule has 0 saturated heterocycles. The maximum Gasteiger partial charge on any atom is 0.459 e. The Morgan fingerprint density at radius 1 is 1.34 bits per heavy atom. The van der Waals surface area contributed by atoms with Gasteiger partial charge in [-0.05, 0) is 45.4 Å². The molecule has 1 fully saturated rings. The number of benzene rings is 1. The predicted molar refractivity (Wildman–Crippen MR) is 137 cm³/mol. The summed E-state index contributed by atoms with van der Waals surface area (Å²) < 4.78 is 31.4. The zero-order chi connectivity index (χ0) is 28.3. The highest BCUT2D eigenvalue weighted by Gasteiger charge is 2.53. The van der Waals surface area contributed by atoms with Crippen LogP contribution in [-0.4, -0.2) is 45.5 Å². The van der Waals surface area contributed by atoms with Crippen LogP contribution in [0, 0.1) is 23.7 Å². The highest BCUT2D eigenvalue weighted by molar-refractivity contribution is 7.52. The van der Waals surface area contributed by atoms with E-state index < -0.39 is 61.3 Å². The Hall–Kier alpha value is -3.49. The van der Waals surface area contributed by atoms with Crippen molar-refractivity contribution >= 4 is 13.7 Å². The molecule has 0 spiro atoms. The molecule has 38 heavy (non-hydrogen) atoms. The largest absolute Gasteiger partial charge is 0.462 e. The lowest BCUT2D eigenvalue weighted by Gasteiger charge is -2.30. The average Bonchev–Trinajstić information content (AvgIpc) is 3.10. The molecule has 0 bridgehead atoms. The lowest BCUT2D eigenvalue weighted by Crippen LogP contribution is -2.39. The molecule has 2 aromatic rings. The zero-order valence-corrected chi connectivity index (χ0v) is 22.4. The molecule has 2 unspecified atom stereocenters. The molecule has 13 heteroatoms. The number of aryl methyl sites for hydroxylation is 1. The number of esters is 1. The van der Waals surface area contributed by atoms with Gasteiger partial charge in [0.2, 0.25) is 0 Å². The van der Waals surface area contributed by atoms with E-state index in [-0.39, 0.29) is 23.3 Å². The fourth-order valence-electron chi connectivity index (χ4n) is 4.05. The van der Waals surface area contributed by atoms with Gasteiger partial charge in [-0.3, -0.25) is 23.7 Å². The Morgan fingerprint density at radius 2 is 2.00 bits per heavy atom. The lowest BCUT2D eigenvalue weighted by molar-refractivity contribution is -0.149. The third-order valence-corrected chi connectivity index (χ3v) is 7.78. The maximum atomic E-state index is 13.8. The van der Waals surface area contributed by atoms with Gasteiger partial charge in [0.15, 0.2) is 0 Å². The number of nitriles is 1. The summed E-state index contributed by atoms with van der Waals surface area (Å²) in [6, 6.07) is 8.10. The van der Waals surface area contributed by atoms with E-state index in [1.807, 2.05) is 6.07 Å². The topological polar surface area (TPSA) is 173 Å². The summed E-state index contributed by atoms with van der Waals surface area (Å²) in [6.07, 6.45) is -0.545. The summed E-state index contributed by atoms with van der Waals surface area (Å²) in [5.74, 6) is -0.536. The van der Waals surface area contributed by atoms with Crippen LogP contribution in [0.3, 0.4) is 0 Å². The van der Waals surface area contributed by atoms with Crippen LogP contribution in [0.2, 0.25) is 0 Å². The fourth-order valence-corrected chi connectivity index (χ4v) is 5.59. The van der Waals surface area contributed by atoms with E-state index in [0.29, 0.717) is 0 Å². The van der Waals surface area contributed by atoms with E-state index in [9.17, 15) is 29.3 Å². The van der Waals surface area contributed by atoms with Crippen molar-refractivity contribution in [3.63, 3.8) is 0 Å². The van der Waals surface area contributed by atoms with Crippen molar-refractivity contribution in [1.29, 1.82) is 5.26 Å². The number of aromatic amines is 1. The first kappa shape index (κ1) is 29.1. The van der Waals surface area contributed by atoms with E-state index >= 15 is 0 Å². The Labute approximate surface area is 219 Å². The number of carbonyl (C=O) groups excluding carboxylic acids is 1. The molecular formula is C25H31N4O8P. The number of nitrogens with zero attached hydrogens (tertiary/aromatic N) is 2. The number of para-hydroxylation sites is 1. The van der Waals surface area contributed by atoms with Gasteiger partial charge in [0.1, 0.15) is 17.2 Å².